The van der Waals surface area contributed by atoms with Gasteiger partial charge in [-0.25, -0.2) is 4.39 Å². The van der Waals surface area contributed by atoms with Crippen LogP contribution < -0.4 is 5.32 Å². The highest BCUT2D eigenvalue weighted by atomic mass is 19.1. The summed E-state index contributed by atoms with van der Waals surface area (Å²) in [6.45, 7) is 2.26. The van der Waals surface area contributed by atoms with Crippen LogP contribution in [0.1, 0.15) is 20.8 Å². The van der Waals surface area contributed by atoms with Gasteiger partial charge in [0.15, 0.2) is 31.3 Å². The van der Waals surface area contributed by atoms with Gasteiger partial charge in [0.1, 0.15) is 79.3 Å². The van der Waals surface area contributed by atoms with Crippen molar-refractivity contribution >= 4 is 5.91 Å². The minimum atomic E-state index is -2.30. The number of amides is 1. The van der Waals surface area contributed by atoms with Crippen molar-refractivity contribution in [1.82, 2.24) is 5.32 Å². The van der Waals surface area contributed by atoms with Crippen LogP contribution in [0, 0.1) is 0 Å². The van der Waals surface area contributed by atoms with Crippen LogP contribution in [0.5, 0.6) is 0 Å². The van der Waals surface area contributed by atoms with Crippen LogP contribution in [0.3, 0.4) is 0 Å². The first-order valence-corrected chi connectivity index (χ1v) is 14.8. The number of nitrogens with one attached hydrogen (secondary N) is 1. The Morgan fingerprint density at radius 3 is 1.57 bits per heavy atom. The van der Waals surface area contributed by atoms with E-state index in [1.165, 1.54) is 13.8 Å². The average Bonchev–Trinajstić information content (AvgIpc) is 3.01. The molecule has 46 heavy (non-hydrogen) atoms. The van der Waals surface area contributed by atoms with Crippen LogP contribution >= 0.6 is 0 Å². The Morgan fingerprint density at radius 2 is 1.09 bits per heavy atom. The second kappa shape index (κ2) is 15.5. The normalized spacial score (nSPS) is 51.9. The van der Waals surface area contributed by atoms with Gasteiger partial charge < -0.3 is 89.5 Å². The van der Waals surface area contributed by atoms with Crippen molar-refractivity contribution in [3.05, 3.63) is 0 Å². The molecule has 4 heterocycles. The van der Waals surface area contributed by atoms with Gasteiger partial charge in [0.25, 0.3) is 0 Å². The highest BCUT2D eigenvalue weighted by Crippen LogP contribution is 2.34. The van der Waals surface area contributed by atoms with E-state index in [4.69, 9.17) is 33.2 Å². The van der Waals surface area contributed by atoms with E-state index < -0.39 is 142 Å². The maximum atomic E-state index is 14.9. The summed E-state index contributed by atoms with van der Waals surface area (Å²) in [7, 11) is 0. The van der Waals surface area contributed by atoms with Gasteiger partial charge in [-0.3, -0.25) is 4.79 Å². The Balaban J connectivity index is 1.50. The maximum absolute atomic E-state index is 14.9. The maximum Gasteiger partial charge on any atom is 0.217 e. The zero-order valence-electron chi connectivity index (χ0n) is 25.1. The van der Waals surface area contributed by atoms with Gasteiger partial charge in [-0.05, 0) is 13.8 Å². The summed E-state index contributed by atoms with van der Waals surface area (Å²) < 4.78 is 53.3. The van der Waals surface area contributed by atoms with Crippen molar-refractivity contribution in [2.24, 2.45) is 0 Å². The summed E-state index contributed by atoms with van der Waals surface area (Å²) in [4.78, 5) is 11.8. The fourth-order valence-corrected chi connectivity index (χ4v) is 5.78. The lowest BCUT2D eigenvalue weighted by Crippen LogP contribution is -2.68. The number of hydrogen-bond donors (Lipinski definition) is 11. The molecule has 4 aliphatic heterocycles. The first-order chi connectivity index (χ1) is 21.6. The molecule has 268 valence electrons. The molecule has 0 aromatic carbocycles. The van der Waals surface area contributed by atoms with Crippen LogP contribution in [-0.2, 0) is 38.0 Å². The lowest BCUT2D eigenvalue weighted by atomic mass is 9.95. The summed E-state index contributed by atoms with van der Waals surface area (Å²) in [6, 6.07) is -1.42. The Morgan fingerprint density at radius 1 is 0.630 bits per heavy atom. The first kappa shape index (κ1) is 37.5. The van der Waals surface area contributed by atoms with Gasteiger partial charge in [-0.15, -0.1) is 0 Å². The van der Waals surface area contributed by atoms with Crippen LogP contribution in [0.4, 0.5) is 4.39 Å². The Labute approximate surface area is 261 Å². The highest BCUT2D eigenvalue weighted by Gasteiger charge is 2.55. The third-order valence-electron chi connectivity index (χ3n) is 8.48. The van der Waals surface area contributed by atoms with Gasteiger partial charge in [-0.2, -0.15) is 0 Å². The summed E-state index contributed by atoms with van der Waals surface area (Å²) in [5.74, 6) is -0.652. The molecule has 0 spiro atoms. The molecule has 1 amide bonds. The van der Waals surface area contributed by atoms with E-state index in [0.29, 0.717) is 0 Å². The lowest BCUT2D eigenvalue weighted by molar-refractivity contribution is -0.383. The van der Waals surface area contributed by atoms with Crippen molar-refractivity contribution in [2.45, 2.75) is 144 Å². The van der Waals surface area contributed by atoms with Crippen LogP contribution in [0.15, 0.2) is 0 Å². The summed E-state index contributed by atoms with van der Waals surface area (Å²) >= 11 is 0. The van der Waals surface area contributed by atoms with Crippen LogP contribution in [0.25, 0.3) is 0 Å². The fourth-order valence-electron chi connectivity index (χ4n) is 5.78. The number of hydrogen-bond acceptors (Lipinski definition) is 18. The number of ether oxygens (including phenoxy) is 7. The van der Waals surface area contributed by atoms with E-state index in [2.05, 4.69) is 5.32 Å². The molecule has 0 aromatic heterocycles. The summed E-state index contributed by atoms with van der Waals surface area (Å²) in [5.41, 5.74) is 0. The van der Waals surface area contributed by atoms with E-state index in [1.807, 2.05) is 0 Å². The summed E-state index contributed by atoms with van der Waals surface area (Å²) in [5, 5.41) is 106. The zero-order chi connectivity index (χ0) is 34.2. The molecule has 0 radical (unpaired) electrons. The number of halogens is 1. The smallest absolute Gasteiger partial charge is 0.217 e. The molecular formula is C26H44FNO18. The molecule has 20 atom stereocenters. The van der Waals surface area contributed by atoms with Crippen molar-refractivity contribution in [1.29, 1.82) is 0 Å². The van der Waals surface area contributed by atoms with E-state index >= 15 is 0 Å². The van der Waals surface area contributed by atoms with E-state index in [1.54, 1.807) is 0 Å². The third kappa shape index (κ3) is 7.63. The van der Waals surface area contributed by atoms with Gasteiger partial charge >= 0.3 is 0 Å². The molecule has 4 fully saturated rings. The van der Waals surface area contributed by atoms with Crippen molar-refractivity contribution in [3.63, 3.8) is 0 Å². The van der Waals surface area contributed by atoms with Crippen molar-refractivity contribution in [3.8, 4) is 0 Å². The molecule has 11 N–H and O–H groups in total. The number of aliphatic hydroxyl groups is 10. The van der Waals surface area contributed by atoms with Gasteiger partial charge in [0, 0.05) is 6.92 Å². The number of rotatable bonds is 9. The molecule has 20 heteroatoms. The van der Waals surface area contributed by atoms with Gasteiger partial charge in [0.05, 0.1) is 25.4 Å². The number of carbonyl (C=O) groups is 1. The van der Waals surface area contributed by atoms with E-state index in [0.717, 1.165) is 6.92 Å². The molecule has 4 aliphatic rings. The molecule has 0 aliphatic carbocycles. The molecule has 0 bridgehead atoms. The monoisotopic (exact) mass is 677 g/mol. The van der Waals surface area contributed by atoms with E-state index in [9.17, 15) is 60.3 Å². The van der Waals surface area contributed by atoms with Crippen molar-refractivity contribution < 1.29 is 93.4 Å². The highest BCUT2D eigenvalue weighted by molar-refractivity contribution is 5.73. The minimum Gasteiger partial charge on any atom is -0.394 e. The molecule has 0 unspecified atom stereocenters. The Hall–Kier alpha value is -1.28. The molecule has 0 saturated carbocycles. The second-order valence-corrected chi connectivity index (χ2v) is 11.8. The molecule has 4 saturated heterocycles. The Kier molecular flexibility index (Phi) is 12.7. The number of carbonyl (C=O) groups excluding carboxylic acids is 1. The van der Waals surface area contributed by atoms with E-state index in [-0.39, 0.29) is 0 Å². The zero-order valence-corrected chi connectivity index (χ0v) is 25.1. The average molecular weight is 678 g/mol. The second-order valence-electron chi connectivity index (χ2n) is 11.8. The predicted molar refractivity (Wildman–Crippen MR) is 142 cm³/mol. The van der Waals surface area contributed by atoms with Crippen LogP contribution in [0.2, 0.25) is 0 Å². The summed E-state index contributed by atoms with van der Waals surface area (Å²) in [6.07, 6.45) is -32.1. The largest absolute Gasteiger partial charge is 0.394 e. The number of alkyl halides is 1. The fraction of sp³-hybridized carbons (Fsp3) is 0.962. The SMILES string of the molecule is CC(=O)N[C@H]1[C@@H](O[C@@H]2[C@@H](O)[C@H](C)O[C@@H](O[C@@H]3[C@@H](O)[C@H](C)O[C@@H](O[C@@H]4[C@@H](F)[C@@H](O)[C@@H](CO)O[C@@H]4O)[C@@H]3O)[C@@H]2O)O[C@H](CO)[C@@H](O)[C@@H]1O. The molecular weight excluding hydrogens is 633 g/mol. The Bertz CT molecular complexity index is 1000. The minimum absolute atomic E-state index is 0.652. The lowest BCUT2D eigenvalue weighted by Gasteiger charge is -2.49. The third-order valence-corrected chi connectivity index (χ3v) is 8.48. The van der Waals surface area contributed by atoms with Gasteiger partial charge in [0.2, 0.25) is 5.91 Å². The van der Waals surface area contributed by atoms with Gasteiger partial charge in [-0.1, -0.05) is 0 Å². The molecule has 19 nitrogen and oxygen atoms in total. The molecule has 4 rings (SSSR count). The standard InChI is InChI=1S/C26H44FNO18/c1-6-13(32)21(45-24-12(28-8(3)31)17(36)16(35)10(5-30)43-24)18(37)26(41-6)46-22-14(33)7(2)40-25(19(22)38)44-20-11(27)15(34)9(4-29)42-23(20)39/h6-7,9-26,29-30,32-39H,4-5H2,1-3H3,(H,28,31)/t6-,7-,9+,10+,11-,12+,13-,14-,15-,16+,17+,18+,19+,20+,21+,22+,23-,24+,25-,26-/m0/s1. The van der Waals surface area contributed by atoms with Crippen LogP contribution in [-0.4, -0.2) is 193 Å². The first-order valence-electron chi connectivity index (χ1n) is 14.8. The molecule has 0 aromatic rings. The predicted octanol–water partition coefficient (Wildman–Crippen LogP) is -6.57. The topological polar surface area (TPSA) is 296 Å². The quantitative estimate of drug-likeness (QED) is 0.108. The number of aliphatic hydroxyl groups excluding tert-OH is 10. The van der Waals surface area contributed by atoms with Crippen molar-refractivity contribution in [2.75, 3.05) is 13.2 Å².